The van der Waals surface area contributed by atoms with Crippen molar-refractivity contribution < 1.29 is 18.7 Å². The van der Waals surface area contributed by atoms with Crippen LogP contribution in [-0.4, -0.2) is 45.7 Å². The molecule has 1 aliphatic rings. The summed E-state index contributed by atoms with van der Waals surface area (Å²) in [7, 11) is 3.23. The van der Waals surface area contributed by atoms with E-state index >= 15 is 0 Å². The minimum Gasteiger partial charge on any atom is -0.494 e. The maximum absolute atomic E-state index is 14.5. The van der Waals surface area contributed by atoms with Crippen LogP contribution in [0.2, 0.25) is 0 Å². The van der Waals surface area contributed by atoms with Crippen molar-refractivity contribution in [2.45, 2.75) is 25.3 Å². The van der Waals surface area contributed by atoms with E-state index in [1.165, 1.54) is 13.2 Å². The second-order valence-electron chi connectivity index (χ2n) is 9.05. The highest BCUT2D eigenvalue weighted by molar-refractivity contribution is 5.95. The number of pyridine rings is 2. The molecule has 4 heterocycles. The third-order valence-electron chi connectivity index (χ3n) is 6.64. The van der Waals surface area contributed by atoms with Gasteiger partial charge in [-0.2, -0.15) is 0 Å². The molecular weight excluding hydrogens is 461 g/mol. The fraction of sp³-hybridized carbons (Fsp3) is 0.333. The number of aromatic nitrogens is 4. The predicted molar refractivity (Wildman–Crippen MR) is 132 cm³/mol. The highest BCUT2D eigenvalue weighted by atomic mass is 19.1. The van der Waals surface area contributed by atoms with Gasteiger partial charge < -0.3 is 19.4 Å². The quantitative estimate of drug-likeness (QED) is 0.422. The van der Waals surface area contributed by atoms with Gasteiger partial charge in [-0.15, -0.1) is 0 Å². The van der Waals surface area contributed by atoms with Gasteiger partial charge in [0.1, 0.15) is 5.69 Å². The summed E-state index contributed by atoms with van der Waals surface area (Å²) in [6.45, 7) is 1.58. The number of methoxy groups -OCH3 is 1. The van der Waals surface area contributed by atoms with Crippen LogP contribution < -0.4 is 10.1 Å². The molecule has 0 spiro atoms. The molecule has 36 heavy (non-hydrogen) atoms. The first-order valence-corrected chi connectivity index (χ1v) is 12.0. The van der Waals surface area contributed by atoms with Crippen LogP contribution in [0, 0.1) is 11.7 Å². The Hall–Kier alpha value is -3.85. The van der Waals surface area contributed by atoms with Crippen LogP contribution in [-0.2, 0) is 18.2 Å². The lowest BCUT2D eigenvalue weighted by molar-refractivity contribution is 0.0663. The second kappa shape index (κ2) is 10.4. The van der Waals surface area contributed by atoms with Crippen LogP contribution in [0.5, 0.6) is 5.75 Å². The fourth-order valence-electron chi connectivity index (χ4n) is 4.58. The van der Waals surface area contributed by atoms with E-state index < -0.39 is 11.9 Å². The highest BCUT2D eigenvalue weighted by Gasteiger charge is 2.23. The molecule has 1 amide bonds. The van der Waals surface area contributed by atoms with Gasteiger partial charge >= 0.3 is 0 Å². The van der Waals surface area contributed by atoms with Gasteiger partial charge in [0.2, 0.25) is 0 Å². The largest absolute Gasteiger partial charge is 0.494 e. The average Bonchev–Trinajstić information content (AvgIpc) is 3.32. The van der Waals surface area contributed by atoms with Crippen molar-refractivity contribution in [1.82, 2.24) is 24.8 Å². The van der Waals surface area contributed by atoms with Gasteiger partial charge in [-0.25, -0.2) is 14.4 Å². The lowest BCUT2D eigenvalue weighted by Crippen LogP contribution is -2.31. The van der Waals surface area contributed by atoms with Gasteiger partial charge in [-0.3, -0.25) is 9.78 Å². The average molecular weight is 490 g/mol. The van der Waals surface area contributed by atoms with Crippen LogP contribution in [0.1, 0.15) is 46.3 Å². The summed E-state index contributed by atoms with van der Waals surface area (Å²) in [5.74, 6) is -0.207. The summed E-state index contributed by atoms with van der Waals surface area (Å²) in [5, 5.41) is 3.87. The smallest absolute Gasteiger partial charge is 0.270 e. The lowest BCUT2D eigenvalue weighted by atomic mass is 9.94. The monoisotopic (exact) mass is 489 g/mol. The van der Waals surface area contributed by atoms with Crippen LogP contribution in [0.25, 0.3) is 10.9 Å². The van der Waals surface area contributed by atoms with Crippen LogP contribution in [0.15, 0.2) is 55.1 Å². The third-order valence-corrected chi connectivity index (χ3v) is 6.64. The Balaban J connectivity index is 1.42. The number of benzene rings is 1. The highest BCUT2D eigenvalue weighted by Crippen LogP contribution is 2.27. The molecular formula is C27H28FN5O3. The Bertz CT molecular complexity index is 1380. The predicted octanol–water partition coefficient (Wildman–Crippen LogP) is 4.00. The van der Waals surface area contributed by atoms with Gasteiger partial charge in [-0.05, 0) is 61.1 Å². The zero-order valence-corrected chi connectivity index (χ0v) is 20.3. The molecule has 1 aliphatic heterocycles. The van der Waals surface area contributed by atoms with E-state index in [1.807, 2.05) is 19.2 Å². The second-order valence-corrected chi connectivity index (χ2v) is 9.05. The first-order chi connectivity index (χ1) is 17.5. The number of fused-ring (bicyclic) bond motifs is 1. The first kappa shape index (κ1) is 23.9. The van der Waals surface area contributed by atoms with Crippen molar-refractivity contribution in [1.29, 1.82) is 0 Å². The Kier molecular flexibility index (Phi) is 6.90. The molecule has 9 heteroatoms. The zero-order valence-electron chi connectivity index (χ0n) is 20.3. The number of hydrogen-bond acceptors (Lipinski definition) is 6. The molecule has 1 aromatic carbocycles. The van der Waals surface area contributed by atoms with E-state index in [-0.39, 0.29) is 17.4 Å². The first-order valence-electron chi connectivity index (χ1n) is 12.0. The number of ether oxygens (including phenoxy) is 2. The Morgan fingerprint density at radius 1 is 1.22 bits per heavy atom. The van der Waals surface area contributed by atoms with Crippen molar-refractivity contribution >= 4 is 16.8 Å². The number of rotatable bonds is 7. The minimum atomic E-state index is -0.635. The van der Waals surface area contributed by atoms with E-state index in [1.54, 1.807) is 41.5 Å². The number of amides is 1. The van der Waals surface area contributed by atoms with Crippen LogP contribution >= 0.6 is 0 Å². The van der Waals surface area contributed by atoms with Gasteiger partial charge in [-0.1, -0.05) is 6.07 Å². The summed E-state index contributed by atoms with van der Waals surface area (Å²) < 4.78 is 26.8. The molecule has 0 unspecified atom stereocenters. The summed E-state index contributed by atoms with van der Waals surface area (Å²) in [6, 6.07) is 9.46. The molecule has 4 aromatic rings. The van der Waals surface area contributed by atoms with Crippen LogP contribution in [0.3, 0.4) is 0 Å². The maximum atomic E-state index is 14.5. The number of carbonyl (C=O) groups excluding carboxylic acids is 1. The van der Waals surface area contributed by atoms with Crippen molar-refractivity contribution in [2.24, 2.45) is 13.0 Å². The normalized spacial score (nSPS) is 15.1. The van der Waals surface area contributed by atoms with E-state index in [2.05, 4.69) is 20.3 Å². The summed E-state index contributed by atoms with van der Waals surface area (Å²) in [5.41, 5.74) is 3.21. The van der Waals surface area contributed by atoms with Crippen molar-refractivity contribution in [3.63, 3.8) is 0 Å². The fourth-order valence-corrected chi connectivity index (χ4v) is 4.58. The Labute approximate surface area is 208 Å². The molecule has 0 aliphatic carbocycles. The van der Waals surface area contributed by atoms with Gasteiger partial charge in [0.05, 0.1) is 36.9 Å². The van der Waals surface area contributed by atoms with E-state index in [9.17, 15) is 9.18 Å². The standard InChI is InChI=1S/C27H28FN5O3/c1-33-16-29-15-24(33)26(18-4-6-25(35-2)21(28)12-18)32-27(34)22-5-3-19-14-30-20(13-23(19)31-22)11-17-7-9-36-10-8-17/h3-6,12-17,26H,7-11H2,1-2H3,(H,32,34)/t26-/m1/s1. The number of nitrogens with zero attached hydrogens (tertiary/aromatic N) is 4. The molecule has 3 aromatic heterocycles. The summed E-state index contributed by atoms with van der Waals surface area (Å²) in [6.07, 6.45) is 8.00. The summed E-state index contributed by atoms with van der Waals surface area (Å²) in [4.78, 5) is 26.7. The van der Waals surface area contributed by atoms with Gasteiger partial charge in [0.25, 0.3) is 5.91 Å². The molecule has 0 radical (unpaired) electrons. The molecule has 1 N–H and O–H groups in total. The number of halogens is 1. The van der Waals surface area contributed by atoms with E-state index in [0.717, 1.165) is 43.6 Å². The number of hydrogen-bond donors (Lipinski definition) is 1. The topological polar surface area (TPSA) is 91.2 Å². The molecule has 1 saturated heterocycles. The molecule has 186 valence electrons. The molecule has 1 atom stereocenters. The molecule has 1 fully saturated rings. The maximum Gasteiger partial charge on any atom is 0.270 e. The summed E-state index contributed by atoms with van der Waals surface area (Å²) >= 11 is 0. The van der Waals surface area contributed by atoms with Gasteiger partial charge in [0, 0.05) is 37.5 Å². The van der Waals surface area contributed by atoms with Crippen molar-refractivity contribution in [3.8, 4) is 5.75 Å². The number of aryl methyl sites for hydroxylation is 1. The number of carbonyl (C=O) groups is 1. The van der Waals surface area contributed by atoms with Crippen molar-refractivity contribution in [2.75, 3.05) is 20.3 Å². The third kappa shape index (κ3) is 5.06. The molecule has 0 saturated carbocycles. The molecule has 0 bridgehead atoms. The number of nitrogens with one attached hydrogen (secondary N) is 1. The Morgan fingerprint density at radius 2 is 2.06 bits per heavy atom. The molecule has 8 nitrogen and oxygen atoms in total. The Morgan fingerprint density at radius 3 is 2.78 bits per heavy atom. The van der Waals surface area contributed by atoms with E-state index in [0.29, 0.717) is 22.7 Å². The van der Waals surface area contributed by atoms with Gasteiger partial charge in [0.15, 0.2) is 11.6 Å². The molecule has 5 rings (SSSR count). The lowest BCUT2D eigenvalue weighted by Gasteiger charge is -2.21. The zero-order chi connectivity index (χ0) is 25.1. The van der Waals surface area contributed by atoms with Crippen molar-refractivity contribution in [3.05, 3.63) is 83.6 Å². The van der Waals surface area contributed by atoms with Crippen LogP contribution in [0.4, 0.5) is 4.39 Å². The van der Waals surface area contributed by atoms with E-state index in [4.69, 9.17) is 9.47 Å². The number of imidazole rings is 1. The minimum absolute atomic E-state index is 0.134. The SMILES string of the molecule is COc1ccc([C@@H](NC(=O)c2ccc3cnc(CC4CCOCC4)cc3n2)c2cncn2C)cc1F.